The maximum absolute atomic E-state index is 11.1. The van der Waals surface area contributed by atoms with E-state index in [1.54, 1.807) is 14.0 Å². The molecule has 0 aromatic heterocycles. The highest BCUT2D eigenvalue weighted by molar-refractivity contribution is 5.73. The van der Waals surface area contributed by atoms with Crippen molar-refractivity contribution in [2.45, 2.75) is 39.7 Å². The van der Waals surface area contributed by atoms with E-state index < -0.39 is 0 Å². The molecule has 0 bridgehead atoms. The topological polar surface area (TPSA) is 47.6 Å². The highest BCUT2D eigenvalue weighted by Crippen LogP contribution is 2.33. The fourth-order valence-corrected chi connectivity index (χ4v) is 2.79. The normalized spacial score (nSPS) is 11.7. The Labute approximate surface area is 150 Å². The van der Waals surface area contributed by atoms with Crippen LogP contribution < -0.4 is 14.8 Å². The summed E-state index contributed by atoms with van der Waals surface area (Å²) in [5, 5.41) is 2.91. The van der Waals surface area contributed by atoms with Crippen LogP contribution in [0.3, 0.4) is 0 Å². The van der Waals surface area contributed by atoms with E-state index in [0.29, 0.717) is 6.61 Å². The van der Waals surface area contributed by atoms with E-state index in [4.69, 9.17) is 9.47 Å². The summed E-state index contributed by atoms with van der Waals surface area (Å²) < 4.78 is 11.2. The third-order valence-electron chi connectivity index (χ3n) is 3.90. The van der Waals surface area contributed by atoms with Gasteiger partial charge in [-0.1, -0.05) is 31.2 Å². The van der Waals surface area contributed by atoms with Gasteiger partial charge in [-0.3, -0.25) is 4.79 Å². The second-order valence-electron chi connectivity index (χ2n) is 6.21. The van der Waals surface area contributed by atoms with Gasteiger partial charge >= 0.3 is 0 Å². The van der Waals surface area contributed by atoms with E-state index in [9.17, 15) is 4.79 Å². The van der Waals surface area contributed by atoms with Crippen LogP contribution in [0.15, 0.2) is 42.5 Å². The maximum Gasteiger partial charge on any atom is 0.217 e. The van der Waals surface area contributed by atoms with Gasteiger partial charge in [-0.05, 0) is 43.0 Å². The van der Waals surface area contributed by atoms with Crippen LogP contribution in [0.5, 0.6) is 11.5 Å². The van der Waals surface area contributed by atoms with Gasteiger partial charge in [0.05, 0.1) is 13.7 Å². The van der Waals surface area contributed by atoms with Crippen LogP contribution in [-0.2, 0) is 11.2 Å². The Balaban J connectivity index is 2.14. The number of ether oxygens (including phenoxy) is 2. The van der Waals surface area contributed by atoms with Gasteiger partial charge < -0.3 is 14.8 Å². The van der Waals surface area contributed by atoms with Crippen molar-refractivity contribution in [1.29, 1.82) is 0 Å². The minimum atomic E-state index is -0.000705. The molecule has 0 spiro atoms. The molecule has 4 nitrogen and oxygen atoms in total. The Morgan fingerprint density at radius 2 is 1.88 bits per heavy atom. The second kappa shape index (κ2) is 9.11. The summed E-state index contributed by atoms with van der Waals surface area (Å²) in [4.78, 5) is 11.1. The fourth-order valence-electron chi connectivity index (χ4n) is 2.79. The van der Waals surface area contributed by atoms with Gasteiger partial charge in [0.2, 0.25) is 5.91 Å². The van der Waals surface area contributed by atoms with Crippen LogP contribution in [-0.4, -0.2) is 25.7 Å². The van der Waals surface area contributed by atoms with Crippen molar-refractivity contribution < 1.29 is 14.3 Å². The Bertz CT molecular complexity index is 695. The smallest absolute Gasteiger partial charge is 0.217 e. The van der Waals surface area contributed by atoms with Gasteiger partial charge in [-0.2, -0.15) is 0 Å². The molecule has 1 unspecified atom stereocenters. The lowest BCUT2D eigenvalue weighted by Crippen LogP contribution is -2.31. The highest BCUT2D eigenvalue weighted by atomic mass is 16.5. The Hall–Kier alpha value is -2.49. The van der Waals surface area contributed by atoms with Crippen molar-refractivity contribution in [1.82, 2.24) is 5.32 Å². The third-order valence-corrected chi connectivity index (χ3v) is 3.90. The predicted molar refractivity (Wildman–Crippen MR) is 101 cm³/mol. The Morgan fingerprint density at radius 1 is 1.16 bits per heavy atom. The standard InChI is InChI=1S/C21H27NO3/c1-5-12-25-19-10-11-20(21(14-19)24-4)18-8-6-17(7-9-18)13-15(2)22-16(3)23/h6-11,14-15H,5,12-13H2,1-4H3,(H,22,23). The first kappa shape index (κ1) is 18.8. The fraction of sp³-hybridized carbons (Fsp3) is 0.381. The molecule has 0 saturated heterocycles. The summed E-state index contributed by atoms with van der Waals surface area (Å²) in [5.74, 6) is 1.62. The van der Waals surface area contributed by atoms with E-state index in [-0.39, 0.29) is 11.9 Å². The molecule has 2 aromatic rings. The molecule has 2 aromatic carbocycles. The quantitative estimate of drug-likeness (QED) is 0.782. The van der Waals surface area contributed by atoms with E-state index >= 15 is 0 Å². The zero-order valence-corrected chi connectivity index (χ0v) is 15.5. The lowest BCUT2D eigenvalue weighted by molar-refractivity contribution is -0.119. The third kappa shape index (κ3) is 5.52. The summed E-state index contributed by atoms with van der Waals surface area (Å²) in [6.45, 7) is 6.33. The Kier molecular flexibility index (Phi) is 6.87. The minimum Gasteiger partial charge on any atom is -0.496 e. The van der Waals surface area contributed by atoms with Crippen molar-refractivity contribution in [2.24, 2.45) is 0 Å². The Morgan fingerprint density at radius 3 is 2.48 bits per heavy atom. The summed E-state index contributed by atoms with van der Waals surface area (Å²) in [6.07, 6.45) is 1.78. The number of hydrogen-bond donors (Lipinski definition) is 1. The molecule has 0 heterocycles. The first-order chi connectivity index (χ1) is 12.0. The molecule has 0 aliphatic rings. The highest BCUT2D eigenvalue weighted by Gasteiger charge is 2.09. The van der Waals surface area contributed by atoms with Crippen LogP contribution in [0.4, 0.5) is 0 Å². The summed E-state index contributed by atoms with van der Waals surface area (Å²) in [7, 11) is 1.67. The number of carbonyl (C=O) groups excluding carboxylic acids is 1. The lowest BCUT2D eigenvalue weighted by atomic mass is 10.00. The van der Waals surface area contributed by atoms with Crippen LogP contribution in [0.1, 0.15) is 32.8 Å². The zero-order chi connectivity index (χ0) is 18.2. The predicted octanol–water partition coefficient (Wildman–Crippen LogP) is 4.22. The number of amides is 1. The average Bonchev–Trinajstić information content (AvgIpc) is 2.59. The molecule has 0 aliphatic heterocycles. The van der Waals surface area contributed by atoms with Crippen molar-refractivity contribution in [3.8, 4) is 22.6 Å². The largest absolute Gasteiger partial charge is 0.496 e. The molecule has 4 heteroatoms. The number of hydrogen-bond acceptors (Lipinski definition) is 3. The minimum absolute atomic E-state index is 0.000705. The molecule has 134 valence electrons. The molecule has 0 aliphatic carbocycles. The van der Waals surface area contributed by atoms with Gasteiger partial charge in [-0.25, -0.2) is 0 Å². The van der Waals surface area contributed by atoms with Gasteiger partial charge in [0.15, 0.2) is 0 Å². The van der Waals surface area contributed by atoms with Gasteiger partial charge in [-0.15, -0.1) is 0 Å². The molecule has 1 atom stereocenters. The van der Waals surface area contributed by atoms with E-state index in [0.717, 1.165) is 35.5 Å². The van der Waals surface area contributed by atoms with E-state index in [1.165, 1.54) is 5.56 Å². The van der Waals surface area contributed by atoms with Crippen LogP contribution in [0.2, 0.25) is 0 Å². The molecule has 1 N–H and O–H groups in total. The monoisotopic (exact) mass is 341 g/mol. The second-order valence-corrected chi connectivity index (χ2v) is 6.21. The number of carbonyl (C=O) groups is 1. The van der Waals surface area contributed by atoms with Gasteiger partial charge in [0.25, 0.3) is 0 Å². The number of methoxy groups -OCH3 is 1. The number of nitrogens with one attached hydrogen (secondary N) is 1. The molecule has 1 amide bonds. The van der Waals surface area contributed by atoms with Crippen molar-refractivity contribution >= 4 is 5.91 Å². The SMILES string of the molecule is CCCOc1ccc(-c2ccc(CC(C)NC(C)=O)cc2)c(OC)c1. The zero-order valence-electron chi connectivity index (χ0n) is 15.5. The van der Waals surface area contributed by atoms with Crippen molar-refractivity contribution in [3.63, 3.8) is 0 Å². The molecular weight excluding hydrogens is 314 g/mol. The first-order valence-corrected chi connectivity index (χ1v) is 8.70. The van der Waals surface area contributed by atoms with Gasteiger partial charge in [0, 0.05) is 24.6 Å². The summed E-state index contributed by atoms with van der Waals surface area (Å²) >= 11 is 0. The van der Waals surface area contributed by atoms with Crippen molar-refractivity contribution in [3.05, 3.63) is 48.0 Å². The van der Waals surface area contributed by atoms with Crippen LogP contribution in [0.25, 0.3) is 11.1 Å². The molecule has 25 heavy (non-hydrogen) atoms. The van der Waals surface area contributed by atoms with Crippen molar-refractivity contribution in [2.75, 3.05) is 13.7 Å². The van der Waals surface area contributed by atoms with Gasteiger partial charge in [0.1, 0.15) is 11.5 Å². The summed E-state index contributed by atoms with van der Waals surface area (Å²) in [6, 6.07) is 14.4. The first-order valence-electron chi connectivity index (χ1n) is 8.70. The lowest BCUT2D eigenvalue weighted by Gasteiger charge is -2.14. The van der Waals surface area contributed by atoms with E-state index in [2.05, 4.69) is 36.5 Å². The van der Waals surface area contributed by atoms with Crippen LogP contribution >= 0.6 is 0 Å². The average molecular weight is 341 g/mol. The van der Waals surface area contributed by atoms with E-state index in [1.807, 2.05) is 25.1 Å². The summed E-state index contributed by atoms with van der Waals surface area (Å²) in [5.41, 5.74) is 3.31. The molecule has 2 rings (SSSR count). The molecule has 0 saturated carbocycles. The number of benzene rings is 2. The van der Waals surface area contributed by atoms with Crippen LogP contribution in [0, 0.1) is 0 Å². The number of rotatable bonds is 8. The molecule has 0 fully saturated rings. The molecular formula is C21H27NO3. The molecule has 0 radical (unpaired) electrons. The maximum atomic E-state index is 11.1.